The van der Waals surface area contributed by atoms with Crippen molar-refractivity contribution in [3.05, 3.63) is 87.9 Å². The molecule has 0 fully saturated rings. The number of methoxy groups -OCH3 is 1. The summed E-state index contributed by atoms with van der Waals surface area (Å²) in [6.07, 6.45) is 0. The maximum atomic E-state index is 13.2. The fraction of sp³-hybridized carbons (Fsp3) is 0.190. The average molecular weight is 384 g/mol. The van der Waals surface area contributed by atoms with Gasteiger partial charge in [-0.2, -0.15) is 0 Å². The molecule has 4 nitrogen and oxygen atoms in total. The van der Waals surface area contributed by atoms with Crippen LogP contribution in [-0.2, 0) is 11.3 Å². The van der Waals surface area contributed by atoms with Crippen LogP contribution >= 0.6 is 11.3 Å². The van der Waals surface area contributed by atoms with Crippen molar-refractivity contribution in [2.45, 2.75) is 12.6 Å². The molecule has 0 aliphatic rings. The van der Waals surface area contributed by atoms with Crippen molar-refractivity contribution in [2.75, 3.05) is 13.7 Å². The summed E-state index contributed by atoms with van der Waals surface area (Å²) < 4.78 is 18.4. The van der Waals surface area contributed by atoms with Gasteiger partial charge in [0.15, 0.2) is 0 Å². The van der Waals surface area contributed by atoms with Gasteiger partial charge < -0.3 is 10.1 Å². The summed E-state index contributed by atoms with van der Waals surface area (Å²) in [4.78, 5) is 13.3. The van der Waals surface area contributed by atoms with E-state index in [2.05, 4.69) is 10.6 Å². The van der Waals surface area contributed by atoms with Crippen molar-refractivity contribution in [3.8, 4) is 5.75 Å². The van der Waals surface area contributed by atoms with E-state index in [9.17, 15) is 9.18 Å². The van der Waals surface area contributed by atoms with E-state index in [0.29, 0.717) is 6.54 Å². The van der Waals surface area contributed by atoms with Crippen molar-refractivity contribution in [1.82, 2.24) is 10.6 Å². The number of carbonyl (C=O) groups excluding carboxylic acids is 1. The summed E-state index contributed by atoms with van der Waals surface area (Å²) in [5.41, 5.74) is 1.92. The minimum atomic E-state index is -0.277. The predicted octanol–water partition coefficient (Wildman–Crippen LogP) is 3.89. The Hall–Kier alpha value is -2.70. The molecule has 1 aromatic heterocycles. The van der Waals surface area contributed by atoms with Crippen LogP contribution in [0.1, 0.15) is 22.0 Å². The Morgan fingerprint density at radius 3 is 2.48 bits per heavy atom. The summed E-state index contributed by atoms with van der Waals surface area (Å²) in [6, 6.07) is 17.7. The molecule has 0 bridgehead atoms. The van der Waals surface area contributed by atoms with Crippen LogP contribution in [-0.4, -0.2) is 19.6 Å². The summed E-state index contributed by atoms with van der Waals surface area (Å²) in [7, 11) is 1.62. The molecule has 140 valence electrons. The Balaban J connectivity index is 1.57. The molecule has 6 heteroatoms. The van der Waals surface area contributed by atoms with E-state index in [4.69, 9.17) is 4.74 Å². The van der Waals surface area contributed by atoms with Gasteiger partial charge in [-0.25, -0.2) is 4.39 Å². The molecule has 0 spiro atoms. The molecule has 0 saturated carbocycles. The molecule has 27 heavy (non-hydrogen) atoms. The lowest BCUT2D eigenvalue weighted by Crippen LogP contribution is -2.35. The lowest BCUT2D eigenvalue weighted by atomic mass is 10.1. The molecule has 0 aliphatic carbocycles. The zero-order valence-corrected chi connectivity index (χ0v) is 15.8. The second kappa shape index (κ2) is 9.30. The van der Waals surface area contributed by atoms with Crippen LogP contribution in [0.4, 0.5) is 4.39 Å². The van der Waals surface area contributed by atoms with Gasteiger partial charge in [-0.05, 0) is 46.8 Å². The van der Waals surface area contributed by atoms with Crippen LogP contribution in [0.15, 0.2) is 66.0 Å². The number of hydrogen-bond acceptors (Lipinski definition) is 4. The van der Waals surface area contributed by atoms with Crippen molar-refractivity contribution in [3.63, 3.8) is 0 Å². The van der Waals surface area contributed by atoms with Gasteiger partial charge in [0.05, 0.1) is 19.7 Å². The van der Waals surface area contributed by atoms with Gasteiger partial charge in [0, 0.05) is 11.4 Å². The number of thiophene rings is 1. The monoisotopic (exact) mass is 384 g/mol. The smallest absolute Gasteiger partial charge is 0.234 e. The molecule has 3 rings (SSSR count). The summed E-state index contributed by atoms with van der Waals surface area (Å²) in [5, 5.41) is 8.15. The first-order chi connectivity index (χ1) is 13.2. The summed E-state index contributed by atoms with van der Waals surface area (Å²) in [6.45, 7) is 0.612. The van der Waals surface area contributed by atoms with Crippen molar-refractivity contribution in [1.29, 1.82) is 0 Å². The zero-order chi connectivity index (χ0) is 19.1. The molecule has 3 aromatic rings. The average Bonchev–Trinajstić information content (AvgIpc) is 3.23. The lowest BCUT2D eigenvalue weighted by Gasteiger charge is -2.18. The third-order valence-electron chi connectivity index (χ3n) is 4.15. The van der Waals surface area contributed by atoms with Gasteiger partial charge in [0.25, 0.3) is 0 Å². The van der Waals surface area contributed by atoms with Crippen LogP contribution in [0.5, 0.6) is 5.75 Å². The van der Waals surface area contributed by atoms with E-state index in [1.807, 2.05) is 41.8 Å². The highest BCUT2D eigenvalue weighted by atomic mass is 32.1. The third kappa shape index (κ3) is 5.39. The van der Waals surface area contributed by atoms with E-state index in [-0.39, 0.29) is 24.3 Å². The highest BCUT2D eigenvalue weighted by molar-refractivity contribution is 7.10. The number of rotatable bonds is 8. The predicted molar refractivity (Wildman–Crippen MR) is 105 cm³/mol. The number of amides is 1. The number of nitrogens with one attached hydrogen (secondary N) is 2. The fourth-order valence-corrected chi connectivity index (χ4v) is 3.52. The molecular weight excluding hydrogens is 363 g/mol. The Morgan fingerprint density at radius 1 is 1.11 bits per heavy atom. The van der Waals surface area contributed by atoms with E-state index >= 15 is 0 Å². The first kappa shape index (κ1) is 19.1. The number of halogens is 1. The second-order valence-corrected chi connectivity index (χ2v) is 6.98. The third-order valence-corrected chi connectivity index (χ3v) is 5.08. The molecule has 0 saturated heterocycles. The van der Waals surface area contributed by atoms with Crippen molar-refractivity contribution in [2.24, 2.45) is 0 Å². The molecule has 2 aromatic carbocycles. The molecule has 1 unspecified atom stereocenters. The van der Waals surface area contributed by atoms with Gasteiger partial charge in [0.2, 0.25) is 5.91 Å². The number of hydrogen-bond donors (Lipinski definition) is 2. The minimum absolute atomic E-state index is 0.102. The fourth-order valence-electron chi connectivity index (χ4n) is 2.69. The Bertz CT molecular complexity index is 849. The number of ether oxygens (including phenoxy) is 1. The summed E-state index contributed by atoms with van der Waals surface area (Å²) in [5.74, 6) is 0.403. The first-order valence-corrected chi connectivity index (χ1v) is 9.45. The number of benzene rings is 2. The van der Waals surface area contributed by atoms with Gasteiger partial charge in [-0.1, -0.05) is 30.3 Å². The van der Waals surface area contributed by atoms with Gasteiger partial charge >= 0.3 is 0 Å². The van der Waals surface area contributed by atoms with E-state index in [0.717, 1.165) is 21.8 Å². The first-order valence-electron chi connectivity index (χ1n) is 8.57. The molecule has 0 aliphatic heterocycles. The largest absolute Gasteiger partial charge is 0.497 e. The Kier molecular flexibility index (Phi) is 6.57. The van der Waals surface area contributed by atoms with Gasteiger partial charge in [-0.3, -0.25) is 10.1 Å². The van der Waals surface area contributed by atoms with Crippen LogP contribution in [0.25, 0.3) is 0 Å². The maximum Gasteiger partial charge on any atom is 0.234 e. The molecule has 1 amide bonds. The minimum Gasteiger partial charge on any atom is -0.497 e. The van der Waals surface area contributed by atoms with Gasteiger partial charge in [-0.15, -0.1) is 11.3 Å². The van der Waals surface area contributed by atoms with E-state index < -0.39 is 0 Å². The SMILES string of the molecule is COc1ccc(CNC(=O)CNC(c2ccc(F)cc2)c2cccs2)cc1. The van der Waals surface area contributed by atoms with Crippen LogP contribution in [0.3, 0.4) is 0 Å². The summed E-state index contributed by atoms with van der Waals surface area (Å²) >= 11 is 1.60. The molecular formula is C21H21FN2O2S. The van der Waals surface area contributed by atoms with Crippen LogP contribution in [0, 0.1) is 5.82 Å². The van der Waals surface area contributed by atoms with Crippen molar-refractivity contribution >= 4 is 17.2 Å². The van der Waals surface area contributed by atoms with Crippen LogP contribution < -0.4 is 15.4 Å². The van der Waals surface area contributed by atoms with E-state index in [1.54, 1.807) is 30.6 Å². The molecule has 2 N–H and O–H groups in total. The lowest BCUT2D eigenvalue weighted by molar-refractivity contribution is -0.120. The van der Waals surface area contributed by atoms with Crippen LogP contribution in [0.2, 0.25) is 0 Å². The maximum absolute atomic E-state index is 13.2. The second-order valence-electron chi connectivity index (χ2n) is 6.01. The molecule has 0 radical (unpaired) electrons. The Morgan fingerprint density at radius 2 is 1.85 bits per heavy atom. The zero-order valence-electron chi connectivity index (χ0n) is 14.9. The molecule has 1 heterocycles. The molecule has 1 atom stereocenters. The van der Waals surface area contributed by atoms with Gasteiger partial charge in [0.1, 0.15) is 11.6 Å². The topological polar surface area (TPSA) is 50.4 Å². The highest BCUT2D eigenvalue weighted by Gasteiger charge is 2.16. The highest BCUT2D eigenvalue weighted by Crippen LogP contribution is 2.26. The quantitative estimate of drug-likeness (QED) is 0.619. The number of carbonyl (C=O) groups is 1. The van der Waals surface area contributed by atoms with E-state index in [1.165, 1.54) is 12.1 Å². The normalized spacial score (nSPS) is 11.8. The standard InChI is InChI=1S/C21H21FN2O2S/c1-26-18-10-4-15(5-11-18)13-23-20(25)14-24-21(19-3-2-12-27-19)16-6-8-17(22)9-7-16/h2-12,21,24H,13-14H2,1H3,(H,23,25). The Labute approximate surface area is 162 Å². The van der Waals surface area contributed by atoms with Crippen molar-refractivity contribution < 1.29 is 13.9 Å².